The highest BCUT2D eigenvalue weighted by Crippen LogP contribution is 2.32. The van der Waals surface area contributed by atoms with Gasteiger partial charge in [-0.05, 0) is 42.5 Å². The van der Waals surface area contributed by atoms with E-state index in [-0.39, 0.29) is 10.7 Å². The molecule has 0 radical (unpaired) electrons. The molecule has 1 aliphatic rings. The first-order chi connectivity index (χ1) is 10.4. The van der Waals surface area contributed by atoms with Crippen LogP contribution in [0.4, 0.5) is 4.79 Å². The number of aliphatic carboxylic acids is 1. The molecule has 1 aromatic carbocycles. The number of hydrogen-bond acceptors (Lipinski definition) is 6. The van der Waals surface area contributed by atoms with Crippen LogP contribution in [-0.2, 0) is 9.59 Å². The number of ether oxygens (including phenoxy) is 2. The van der Waals surface area contributed by atoms with Crippen LogP contribution in [0.2, 0.25) is 0 Å². The Kier molecular flexibility index (Phi) is 4.71. The number of imide groups is 1. The van der Waals surface area contributed by atoms with Crippen molar-refractivity contribution in [1.29, 1.82) is 0 Å². The van der Waals surface area contributed by atoms with Crippen molar-refractivity contribution in [3.63, 3.8) is 0 Å². The van der Waals surface area contributed by atoms with Gasteiger partial charge in [-0.2, -0.15) is 0 Å². The predicted molar refractivity (Wildman–Crippen MR) is 79.8 cm³/mol. The van der Waals surface area contributed by atoms with Gasteiger partial charge in [-0.3, -0.25) is 14.9 Å². The first-order valence-electron chi connectivity index (χ1n) is 6.23. The number of benzene rings is 1. The number of nitrogens with one attached hydrogen (secondary N) is 1. The summed E-state index contributed by atoms with van der Waals surface area (Å²) in [6, 6.07) is 4.77. The van der Waals surface area contributed by atoms with Gasteiger partial charge < -0.3 is 14.6 Å². The van der Waals surface area contributed by atoms with Crippen LogP contribution in [0.1, 0.15) is 12.5 Å². The number of thioether (sulfide) groups is 1. The van der Waals surface area contributed by atoms with Gasteiger partial charge in [0.1, 0.15) is 0 Å². The van der Waals surface area contributed by atoms with E-state index in [0.717, 1.165) is 11.8 Å². The van der Waals surface area contributed by atoms with Gasteiger partial charge >= 0.3 is 5.97 Å². The van der Waals surface area contributed by atoms with Crippen molar-refractivity contribution in [2.24, 2.45) is 0 Å². The number of carboxylic acids is 1. The van der Waals surface area contributed by atoms with Gasteiger partial charge in [0.2, 0.25) is 0 Å². The smallest absolute Gasteiger partial charge is 0.344 e. The number of carbonyl (C=O) groups is 3. The maximum absolute atomic E-state index is 11.5. The molecule has 1 saturated heterocycles. The number of carbonyl (C=O) groups excluding carboxylic acids is 2. The molecule has 1 aliphatic heterocycles. The highest BCUT2D eigenvalue weighted by molar-refractivity contribution is 8.18. The summed E-state index contributed by atoms with van der Waals surface area (Å²) in [5, 5.41) is 10.6. The highest BCUT2D eigenvalue weighted by atomic mass is 32.2. The normalized spacial score (nSPS) is 17.3. The Morgan fingerprint density at radius 2 is 2.09 bits per heavy atom. The molecule has 0 bridgehead atoms. The van der Waals surface area contributed by atoms with Gasteiger partial charge in [-0.25, -0.2) is 4.79 Å². The van der Waals surface area contributed by atoms with E-state index in [1.165, 1.54) is 20.1 Å². The van der Waals surface area contributed by atoms with Gasteiger partial charge in [0, 0.05) is 0 Å². The fraction of sp³-hybridized carbons (Fsp3) is 0.214. The van der Waals surface area contributed by atoms with E-state index >= 15 is 0 Å². The Labute approximate surface area is 130 Å². The average molecular weight is 323 g/mol. The zero-order valence-corrected chi connectivity index (χ0v) is 12.6. The molecule has 2 amide bonds. The van der Waals surface area contributed by atoms with Crippen molar-refractivity contribution in [2.75, 3.05) is 7.11 Å². The van der Waals surface area contributed by atoms with Crippen LogP contribution in [0.15, 0.2) is 23.1 Å². The molecule has 7 nitrogen and oxygen atoms in total. The fourth-order valence-electron chi connectivity index (χ4n) is 1.68. The second-order valence-corrected chi connectivity index (χ2v) is 5.38. The van der Waals surface area contributed by atoms with E-state index in [1.54, 1.807) is 18.2 Å². The monoisotopic (exact) mass is 323 g/mol. The highest BCUT2D eigenvalue weighted by Gasteiger charge is 2.25. The van der Waals surface area contributed by atoms with Crippen LogP contribution in [-0.4, -0.2) is 35.4 Å². The molecule has 1 atom stereocenters. The molecule has 2 rings (SSSR count). The number of carboxylic acid groups (broad SMARTS) is 1. The summed E-state index contributed by atoms with van der Waals surface area (Å²) in [5.74, 6) is -0.934. The minimum Gasteiger partial charge on any atom is -0.493 e. The Hall–Kier alpha value is -2.48. The van der Waals surface area contributed by atoms with Crippen LogP contribution >= 0.6 is 11.8 Å². The van der Waals surface area contributed by atoms with Gasteiger partial charge in [0.25, 0.3) is 11.1 Å². The molecule has 1 heterocycles. The van der Waals surface area contributed by atoms with E-state index in [9.17, 15) is 14.4 Å². The summed E-state index contributed by atoms with van der Waals surface area (Å²) in [6.07, 6.45) is 0.518. The van der Waals surface area contributed by atoms with Gasteiger partial charge in [0.05, 0.1) is 12.0 Å². The minimum atomic E-state index is -1.09. The Balaban J connectivity index is 2.26. The van der Waals surface area contributed by atoms with E-state index in [0.29, 0.717) is 11.3 Å². The van der Waals surface area contributed by atoms with Gasteiger partial charge in [-0.1, -0.05) is 6.07 Å². The number of amides is 2. The maximum atomic E-state index is 11.5. The molecule has 116 valence electrons. The third-order valence-corrected chi connectivity index (χ3v) is 3.59. The van der Waals surface area contributed by atoms with Crippen LogP contribution < -0.4 is 14.8 Å². The molecular formula is C14H13NO6S. The summed E-state index contributed by atoms with van der Waals surface area (Å²) in [6.45, 7) is 1.41. The molecule has 1 fully saturated rings. The van der Waals surface area contributed by atoms with Gasteiger partial charge in [-0.15, -0.1) is 0 Å². The van der Waals surface area contributed by atoms with E-state index in [2.05, 4.69) is 5.32 Å². The fourth-order valence-corrected chi connectivity index (χ4v) is 2.37. The third kappa shape index (κ3) is 3.59. The van der Waals surface area contributed by atoms with Crippen molar-refractivity contribution in [3.05, 3.63) is 28.7 Å². The van der Waals surface area contributed by atoms with Crippen molar-refractivity contribution in [2.45, 2.75) is 13.0 Å². The maximum Gasteiger partial charge on any atom is 0.344 e. The predicted octanol–water partition coefficient (Wildman–Crippen LogP) is 1.87. The second kappa shape index (κ2) is 6.52. The Morgan fingerprint density at radius 1 is 1.36 bits per heavy atom. The quantitative estimate of drug-likeness (QED) is 0.797. The molecule has 2 N–H and O–H groups in total. The third-order valence-electron chi connectivity index (χ3n) is 2.78. The number of methoxy groups -OCH3 is 1. The van der Waals surface area contributed by atoms with E-state index < -0.39 is 23.2 Å². The zero-order chi connectivity index (χ0) is 16.3. The summed E-state index contributed by atoms with van der Waals surface area (Å²) >= 11 is 0.812. The molecule has 0 saturated carbocycles. The van der Waals surface area contributed by atoms with Crippen LogP contribution in [0.5, 0.6) is 11.5 Å². The topological polar surface area (TPSA) is 102 Å². The lowest BCUT2D eigenvalue weighted by Gasteiger charge is -2.14. The standard InChI is InChI=1S/C14H13NO6S/c1-7(13(17)18)21-9-4-3-8(5-10(9)20-2)6-11-12(16)15-14(19)22-11/h3-7H,1-2H3,(H,17,18)(H,15,16,19). The largest absolute Gasteiger partial charge is 0.493 e. The molecule has 0 spiro atoms. The molecule has 1 unspecified atom stereocenters. The van der Waals surface area contributed by atoms with Crippen LogP contribution in [0.3, 0.4) is 0 Å². The Bertz CT molecular complexity index is 669. The lowest BCUT2D eigenvalue weighted by molar-refractivity contribution is -0.144. The number of rotatable bonds is 5. The molecule has 0 aromatic heterocycles. The zero-order valence-electron chi connectivity index (χ0n) is 11.8. The molecule has 0 aliphatic carbocycles. The lowest BCUT2D eigenvalue weighted by Crippen LogP contribution is -2.23. The molecular weight excluding hydrogens is 310 g/mol. The number of hydrogen-bond donors (Lipinski definition) is 2. The van der Waals surface area contributed by atoms with Crippen molar-refractivity contribution in [1.82, 2.24) is 5.32 Å². The van der Waals surface area contributed by atoms with Crippen molar-refractivity contribution in [3.8, 4) is 11.5 Å². The molecule has 8 heteroatoms. The average Bonchev–Trinajstić information content (AvgIpc) is 2.78. The van der Waals surface area contributed by atoms with Crippen molar-refractivity contribution < 1.29 is 29.0 Å². The SMILES string of the molecule is COc1cc(C=C2SC(=O)NC2=O)ccc1OC(C)C(=O)O. The van der Waals surface area contributed by atoms with E-state index in [4.69, 9.17) is 14.6 Å². The second-order valence-electron chi connectivity index (χ2n) is 4.36. The summed E-state index contributed by atoms with van der Waals surface area (Å²) in [7, 11) is 1.42. The summed E-state index contributed by atoms with van der Waals surface area (Å²) < 4.78 is 10.4. The first kappa shape index (κ1) is 15.9. The first-order valence-corrected chi connectivity index (χ1v) is 7.04. The van der Waals surface area contributed by atoms with E-state index in [1.807, 2.05) is 0 Å². The summed E-state index contributed by atoms with van der Waals surface area (Å²) in [5.41, 5.74) is 0.625. The van der Waals surface area contributed by atoms with Crippen LogP contribution in [0, 0.1) is 0 Å². The summed E-state index contributed by atoms with van der Waals surface area (Å²) in [4.78, 5) is 33.7. The van der Waals surface area contributed by atoms with Crippen molar-refractivity contribution >= 4 is 35.0 Å². The molecule has 22 heavy (non-hydrogen) atoms. The minimum absolute atomic E-state index is 0.277. The lowest BCUT2D eigenvalue weighted by atomic mass is 10.2. The van der Waals surface area contributed by atoms with Gasteiger partial charge in [0.15, 0.2) is 17.6 Å². The Morgan fingerprint density at radius 3 is 2.64 bits per heavy atom. The molecule has 1 aromatic rings. The van der Waals surface area contributed by atoms with Crippen LogP contribution in [0.25, 0.3) is 6.08 Å².